The Labute approximate surface area is 81.9 Å². The quantitative estimate of drug-likeness (QED) is 0.698. The van der Waals surface area contributed by atoms with E-state index in [-0.39, 0.29) is 0 Å². The van der Waals surface area contributed by atoms with Crippen LogP contribution >= 0.6 is 11.6 Å². The molecule has 0 unspecified atom stereocenters. The van der Waals surface area contributed by atoms with Gasteiger partial charge < -0.3 is 10.2 Å². The predicted octanol–water partition coefficient (Wildman–Crippen LogP) is 1.73. The smallest absolute Gasteiger partial charge is 0.224 e. The highest BCUT2D eigenvalue weighted by Gasteiger charge is 2.22. The van der Waals surface area contributed by atoms with Gasteiger partial charge in [-0.3, -0.25) is 0 Å². The molecule has 70 valence electrons. The largest absolute Gasteiger partial charge is 0.363 e. The van der Waals surface area contributed by atoms with Crippen LogP contribution in [0.1, 0.15) is 13.8 Å². The molecule has 0 aromatic carbocycles. The monoisotopic (exact) mass is 198 g/mol. The summed E-state index contributed by atoms with van der Waals surface area (Å²) in [7, 11) is 0. The number of halogens is 1. The Morgan fingerprint density at radius 3 is 3.08 bits per heavy atom. The molecular formula is C8H11ClN4. The number of aromatic nitrogens is 2. The Kier molecular flexibility index (Phi) is 2.00. The average molecular weight is 199 g/mol. The SMILES string of the molecule is CC(C)N1CNc2cnc(Cl)nc21. The summed E-state index contributed by atoms with van der Waals surface area (Å²) in [6.07, 6.45) is 1.72. The van der Waals surface area contributed by atoms with Crippen molar-refractivity contribution in [1.82, 2.24) is 9.97 Å². The minimum atomic E-state index is 0.299. The number of anilines is 2. The first kappa shape index (κ1) is 8.56. The Bertz CT molecular complexity index is 326. The molecule has 1 aliphatic rings. The molecular weight excluding hydrogens is 188 g/mol. The predicted molar refractivity (Wildman–Crippen MR) is 53.1 cm³/mol. The summed E-state index contributed by atoms with van der Waals surface area (Å²) in [5.41, 5.74) is 0.957. The standard InChI is InChI=1S/C8H11ClN4/c1-5(2)13-4-11-6-3-10-8(9)12-7(6)13/h3,5,11H,4H2,1-2H3. The molecule has 0 atom stereocenters. The third-order valence-electron chi connectivity index (χ3n) is 2.07. The first-order chi connectivity index (χ1) is 6.18. The third-order valence-corrected chi connectivity index (χ3v) is 2.26. The van der Waals surface area contributed by atoms with Crippen LogP contribution in [0.15, 0.2) is 6.20 Å². The minimum Gasteiger partial charge on any atom is -0.363 e. The molecule has 1 aromatic rings. The molecule has 2 rings (SSSR count). The molecule has 1 N–H and O–H groups in total. The lowest BCUT2D eigenvalue weighted by Crippen LogP contribution is -2.30. The molecule has 0 spiro atoms. The molecule has 0 radical (unpaired) electrons. The zero-order valence-electron chi connectivity index (χ0n) is 7.58. The molecule has 1 aromatic heterocycles. The van der Waals surface area contributed by atoms with E-state index >= 15 is 0 Å². The van der Waals surface area contributed by atoms with Crippen LogP contribution in [0.2, 0.25) is 5.28 Å². The van der Waals surface area contributed by atoms with Gasteiger partial charge in [0, 0.05) is 6.04 Å². The summed E-state index contributed by atoms with van der Waals surface area (Å²) in [6, 6.07) is 0.416. The van der Waals surface area contributed by atoms with Crippen molar-refractivity contribution in [2.75, 3.05) is 16.9 Å². The maximum Gasteiger partial charge on any atom is 0.224 e. The van der Waals surface area contributed by atoms with Crippen molar-refractivity contribution < 1.29 is 0 Å². The fourth-order valence-corrected chi connectivity index (χ4v) is 1.50. The fourth-order valence-electron chi connectivity index (χ4n) is 1.37. The van der Waals surface area contributed by atoms with Crippen LogP contribution in [0.25, 0.3) is 0 Å². The fraction of sp³-hybridized carbons (Fsp3) is 0.500. The van der Waals surface area contributed by atoms with Crippen LogP contribution in [0.4, 0.5) is 11.5 Å². The second-order valence-corrected chi connectivity index (χ2v) is 3.61. The van der Waals surface area contributed by atoms with Crippen LogP contribution in [0.5, 0.6) is 0 Å². The van der Waals surface area contributed by atoms with Gasteiger partial charge in [-0.15, -0.1) is 0 Å². The lowest BCUT2D eigenvalue weighted by Gasteiger charge is -2.20. The van der Waals surface area contributed by atoms with E-state index < -0.39 is 0 Å². The summed E-state index contributed by atoms with van der Waals surface area (Å²) < 4.78 is 0. The lowest BCUT2D eigenvalue weighted by molar-refractivity contribution is 0.718. The molecule has 0 saturated carbocycles. The molecule has 0 amide bonds. The van der Waals surface area contributed by atoms with E-state index in [1.165, 1.54) is 0 Å². The van der Waals surface area contributed by atoms with E-state index in [0.29, 0.717) is 11.3 Å². The van der Waals surface area contributed by atoms with Gasteiger partial charge in [-0.2, -0.15) is 4.98 Å². The summed E-state index contributed by atoms with van der Waals surface area (Å²) in [5.74, 6) is 0.898. The minimum absolute atomic E-state index is 0.299. The van der Waals surface area contributed by atoms with Crippen molar-refractivity contribution >= 4 is 23.1 Å². The van der Waals surface area contributed by atoms with Crippen LogP contribution in [-0.2, 0) is 0 Å². The van der Waals surface area contributed by atoms with Gasteiger partial charge in [0.15, 0.2) is 5.82 Å². The highest BCUT2D eigenvalue weighted by Crippen LogP contribution is 2.30. The van der Waals surface area contributed by atoms with Gasteiger partial charge in [0.25, 0.3) is 0 Å². The normalized spacial score (nSPS) is 14.6. The Balaban J connectivity index is 2.40. The second kappa shape index (κ2) is 3.03. The van der Waals surface area contributed by atoms with E-state index in [1.807, 2.05) is 0 Å². The van der Waals surface area contributed by atoms with Crippen LogP contribution < -0.4 is 10.2 Å². The van der Waals surface area contributed by atoms with Gasteiger partial charge in [-0.05, 0) is 25.4 Å². The number of nitrogens with zero attached hydrogens (tertiary/aromatic N) is 3. The van der Waals surface area contributed by atoms with Gasteiger partial charge in [-0.25, -0.2) is 4.98 Å². The molecule has 13 heavy (non-hydrogen) atoms. The molecule has 0 bridgehead atoms. The van der Waals surface area contributed by atoms with Gasteiger partial charge in [0.2, 0.25) is 5.28 Å². The van der Waals surface area contributed by atoms with Crippen molar-refractivity contribution in [3.05, 3.63) is 11.5 Å². The molecule has 5 heteroatoms. The zero-order chi connectivity index (χ0) is 9.42. The first-order valence-corrected chi connectivity index (χ1v) is 4.59. The molecule has 2 heterocycles. The van der Waals surface area contributed by atoms with E-state index in [1.54, 1.807) is 6.20 Å². The van der Waals surface area contributed by atoms with Crippen molar-refractivity contribution in [3.8, 4) is 0 Å². The molecule has 0 saturated heterocycles. The van der Waals surface area contributed by atoms with Crippen molar-refractivity contribution in [2.24, 2.45) is 0 Å². The third kappa shape index (κ3) is 1.42. The Morgan fingerprint density at radius 2 is 2.38 bits per heavy atom. The van der Waals surface area contributed by atoms with Gasteiger partial charge in [0.05, 0.1) is 18.6 Å². The van der Waals surface area contributed by atoms with E-state index in [2.05, 4.69) is 34.0 Å². The molecule has 4 nitrogen and oxygen atoms in total. The summed E-state index contributed by atoms with van der Waals surface area (Å²) in [6.45, 7) is 5.02. The highest BCUT2D eigenvalue weighted by atomic mass is 35.5. The van der Waals surface area contributed by atoms with Crippen molar-refractivity contribution in [1.29, 1.82) is 0 Å². The number of hydrogen-bond donors (Lipinski definition) is 1. The van der Waals surface area contributed by atoms with Crippen LogP contribution in [-0.4, -0.2) is 22.7 Å². The molecule has 0 aliphatic carbocycles. The van der Waals surface area contributed by atoms with Gasteiger partial charge in [-0.1, -0.05) is 0 Å². The van der Waals surface area contributed by atoms with E-state index in [4.69, 9.17) is 11.6 Å². The Hall–Kier alpha value is -1.03. The molecule has 1 aliphatic heterocycles. The van der Waals surface area contributed by atoms with Crippen LogP contribution in [0, 0.1) is 0 Å². The second-order valence-electron chi connectivity index (χ2n) is 3.27. The number of hydrogen-bond acceptors (Lipinski definition) is 4. The number of nitrogens with one attached hydrogen (secondary N) is 1. The average Bonchev–Trinajstić information content (AvgIpc) is 2.46. The van der Waals surface area contributed by atoms with E-state index in [0.717, 1.165) is 18.2 Å². The lowest BCUT2D eigenvalue weighted by atomic mass is 10.3. The van der Waals surface area contributed by atoms with Gasteiger partial charge >= 0.3 is 0 Å². The van der Waals surface area contributed by atoms with Gasteiger partial charge in [0.1, 0.15) is 0 Å². The molecule has 0 fully saturated rings. The number of fused-ring (bicyclic) bond motifs is 1. The summed E-state index contributed by atoms with van der Waals surface area (Å²) in [4.78, 5) is 10.2. The zero-order valence-corrected chi connectivity index (χ0v) is 8.34. The topological polar surface area (TPSA) is 41.0 Å². The highest BCUT2D eigenvalue weighted by molar-refractivity contribution is 6.28. The summed E-state index contributed by atoms with van der Waals surface area (Å²) in [5, 5.41) is 3.50. The summed E-state index contributed by atoms with van der Waals surface area (Å²) >= 11 is 5.72. The van der Waals surface area contributed by atoms with Crippen LogP contribution in [0.3, 0.4) is 0 Å². The van der Waals surface area contributed by atoms with Crippen molar-refractivity contribution in [3.63, 3.8) is 0 Å². The maximum atomic E-state index is 5.72. The maximum absolute atomic E-state index is 5.72. The first-order valence-electron chi connectivity index (χ1n) is 4.21. The van der Waals surface area contributed by atoms with E-state index in [9.17, 15) is 0 Å². The Morgan fingerprint density at radius 1 is 1.62 bits per heavy atom. The van der Waals surface area contributed by atoms with Crippen molar-refractivity contribution in [2.45, 2.75) is 19.9 Å². The number of rotatable bonds is 1.